The summed E-state index contributed by atoms with van der Waals surface area (Å²) in [6.07, 6.45) is 7.14. The van der Waals surface area contributed by atoms with Gasteiger partial charge < -0.3 is 14.3 Å². The van der Waals surface area contributed by atoms with Gasteiger partial charge in [-0.2, -0.15) is 0 Å². The molecule has 2 fully saturated rings. The van der Waals surface area contributed by atoms with Crippen LogP contribution in [-0.4, -0.2) is 28.3 Å². The Kier molecular flexibility index (Phi) is 4.92. The first-order valence-electron chi connectivity index (χ1n) is 10.9. The molecule has 0 spiro atoms. The molecule has 0 unspecified atom stereocenters. The molecule has 5 rings (SSSR count). The first kappa shape index (κ1) is 20.0. The van der Waals surface area contributed by atoms with E-state index >= 15 is 0 Å². The van der Waals surface area contributed by atoms with E-state index < -0.39 is 0 Å². The van der Waals surface area contributed by atoms with Crippen LogP contribution < -0.4 is 4.78 Å². The Morgan fingerprint density at radius 1 is 0.933 bits per heavy atom. The predicted molar refractivity (Wildman–Crippen MR) is 124 cm³/mol. The Bertz CT molecular complexity index is 1020. The van der Waals surface area contributed by atoms with Crippen molar-refractivity contribution in [3.8, 4) is 21.7 Å². The standard InChI is InChI=1S/C24H29BN2O2S/c1-23(2)24(3,4)29-25(28-23)21-14-13-20(30-21)17-11-9-16(10-12-17)19-15-26-22(27-19)18-7-5-6-8-18/h9-15,18H,5-8H2,1-4H3,(H,26,27). The van der Waals surface area contributed by atoms with Crippen molar-refractivity contribution in [3.05, 3.63) is 48.4 Å². The summed E-state index contributed by atoms with van der Waals surface area (Å²) in [7, 11) is -0.299. The van der Waals surface area contributed by atoms with Crippen LogP contribution in [0.15, 0.2) is 42.6 Å². The third-order valence-corrected chi connectivity index (χ3v) is 8.09. The number of nitrogens with one attached hydrogen (secondary N) is 1. The number of imidazole rings is 1. The molecule has 0 radical (unpaired) electrons. The van der Waals surface area contributed by atoms with Crippen LogP contribution in [0.5, 0.6) is 0 Å². The highest BCUT2D eigenvalue weighted by Crippen LogP contribution is 2.38. The first-order chi connectivity index (χ1) is 14.3. The average molecular weight is 420 g/mol. The zero-order valence-corrected chi connectivity index (χ0v) is 19.0. The molecule has 0 amide bonds. The van der Waals surface area contributed by atoms with E-state index in [0.29, 0.717) is 5.92 Å². The molecule has 1 aromatic carbocycles. The van der Waals surface area contributed by atoms with Gasteiger partial charge in [0.25, 0.3) is 0 Å². The van der Waals surface area contributed by atoms with Crippen LogP contribution >= 0.6 is 11.3 Å². The van der Waals surface area contributed by atoms with Crippen molar-refractivity contribution < 1.29 is 9.31 Å². The number of thiophene rings is 1. The molecule has 0 atom stereocenters. The van der Waals surface area contributed by atoms with Crippen LogP contribution in [0.4, 0.5) is 0 Å². The predicted octanol–water partition coefficient (Wildman–Crippen LogP) is 5.76. The molecule has 6 heteroatoms. The van der Waals surface area contributed by atoms with E-state index in [1.54, 1.807) is 11.3 Å². The second-order valence-electron chi connectivity index (χ2n) is 9.53. The van der Waals surface area contributed by atoms with Crippen LogP contribution in [0.1, 0.15) is 65.1 Å². The zero-order chi connectivity index (χ0) is 20.9. The molecular weight excluding hydrogens is 391 g/mol. The fourth-order valence-electron chi connectivity index (χ4n) is 4.30. The molecule has 156 valence electrons. The van der Waals surface area contributed by atoms with E-state index in [1.165, 1.54) is 41.7 Å². The Labute approximate surface area is 183 Å². The lowest BCUT2D eigenvalue weighted by Crippen LogP contribution is -2.41. The van der Waals surface area contributed by atoms with Crippen molar-refractivity contribution in [1.29, 1.82) is 0 Å². The fraction of sp³-hybridized carbons (Fsp3) is 0.458. The van der Waals surface area contributed by atoms with Crippen molar-refractivity contribution in [3.63, 3.8) is 0 Å². The van der Waals surface area contributed by atoms with Crippen molar-refractivity contribution in [2.45, 2.75) is 70.5 Å². The topological polar surface area (TPSA) is 47.1 Å². The Balaban J connectivity index is 1.32. The van der Waals surface area contributed by atoms with Gasteiger partial charge in [0.15, 0.2) is 0 Å². The minimum atomic E-state index is -0.315. The van der Waals surface area contributed by atoms with Crippen LogP contribution in [0.25, 0.3) is 21.7 Å². The van der Waals surface area contributed by atoms with E-state index in [4.69, 9.17) is 9.31 Å². The first-order valence-corrected chi connectivity index (χ1v) is 11.8. The lowest BCUT2D eigenvalue weighted by atomic mass is 9.88. The van der Waals surface area contributed by atoms with E-state index in [0.717, 1.165) is 16.3 Å². The summed E-state index contributed by atoms with van der Waals surface area (Å²) in [5.74, 6) is 1.76. The van der Waals surface area contributed by atoms with E-state index in [9.17, 15) is 0 Å². The van der Waals surface area contributed by atoms with Crippen LogP contribution in [0.2, 0.25) is 0 Å². The van der Waals surface area contributed by atoms with Gasteiger partial charge in [0.1, 0.15) is 5.82 Å². The SMILES string of the molecule is CC1(C)OB(c2ccc(-c3ccc(-c4cnc(C5CCCC5)[nH]4)cc3)s2)OC1(C)C. The number of nitrogens with zero attached hydrogens (tertiary/aromatic N) is 1. The van der Waals surface area contributed by atoms with E-state index in [1.807, 2.05) is 6.20 Å². The van der Waals surface area contributed by atoms with Crippen LogP contribution in [0.3, 0.4) is 0 Å². The molecule has 3 heterocycles. The fourth-order valence-corrected chi connectivity index (χ4v) is 5.27. The largest absolute Gasteiger partial charge is 0.505 e. The number of aromatic amines is 1. The van der Waals surface area contributed by atoms with Gasteiger partial charge in [0.2, 0.25) is 0 Å². The summed E-state index contributed by atoms with van der Waals surface area (Å²) in [6, 6.07) is 13.0. The maximum Gasteiger partial charge on any atom is 0.505 e. The van der Waals surface area contributed by atoms with Gasteiger partial charge >= 0.3 is 7.12 Å². The monoisotopic (exact) mass is 420 g/mol. The minimum Gasteiger partial charge on any atom is -0.399 e. The second kappa shape index (κ2) is 7.36. The molecule has 30 heavy (non-hydrogen) atoms. The van der Waals surface area contributed by atoms with Crippen molar-refractivity contribution in [1.82, 2.24) is 9.97 Å². The summed E-state index contributed by atoms with van der Waals surface area (Å²) in [5, 5.41) is 0. The number of rotatable bonds is 4. The lowest BCUT2D eigenvalue weighted by molar-refractivity contribution is 0.00578. The van der Waals surface area contributed by atoms with Gasteiger partial charge in [-0.1, -0.05) is 43.2 Å². The molecular formula is C24H29BN2O2S. The highest BCUT2D eigenvalue weighted by molar-refractivity contribution is 7.25. The summed E-state index contributed by atoms with van der Waals surface area (Å²) < 4.78 is 13.5. The molecule has 0 bridgehead atoms. The maximum absolute atomic E-state index is 6.20. The maximum atomic E-state index is 6.20. The van der Waals surface area contributed by atoms with Gasteiger partial charge in [0, 0.05) is 15.6 Å². The van der Waals surface area contributed by atoms with Gasteiger partial charge in [0.05, 0.1) is 23.1 Å². The molecule has 2 aromatic heterocycles. The Hall–Kier alpha value is -1.89. The summed E-state index contributed by atoms with van der Waals surface area (Å²) >= 11 is 1.74. The highest BCUT2D eigenvalue weighted by atomic mass is 32.1. The van der Waals surface area contributed by atoms with Gasteiger partial charge in [-0.05, 0) is 57.7 Å². The highest BCUT2D eigenvalue weighted by Gasteiger charge is 2.52. The number of hydrogen-bond acceptors (Lipinski definition) is 4. The normalized spacial score (nSPS) is 20.9. The lowest BCUT2D eigenvalue weighted by Gasteiger charge is -2.32. The van der Waals surface area contributed by atoms with Crippen molar-refractivity contribution in [2.75, 3.05) is 0 Å². The number of hydrogen-bond donors (Lipinski definition) is 1. The van der Waals surface area contributed by atoms with Crippen LogP contribution in [0, 0.1) is 0 Å². The Morgan fingerprint density at radius 3 is 2.23 bits per heavy atom. The molecule has 1 aliphatic heterocycles. The van der Waals surface area contributed by atoms with Crippen molar-refractivity contribution in [2.24, 2.45) is 0 Å². The molecule has 2 aliphatic rings. The van der Waals surface area contributed by atoms with Gasteiger partial charge in [-0.15, -0.1) is 11.3 Å². The number of benzene rings is 1. The van der Waals surface area contributed by atoms with Crippen molar-refractivity contribution >= 4 is 23.2 Å². The molecule has 3 aromatic rings. The summed E-state index contributed by atoms with van der Waals surface area (Å²) in [6.45, 7) is 8.36. The van der Waals surface area contributed by atoms with E-state index in [-0.39, 0.29) is 18.3 Å². The average Bonchev–Trinajstić information content (AvgIpc) is 3.49. The van der Waals surface area contributed by atoms with Gasteiger partial charge in [-0.3, -0.25) is 0 Å². The molecule has 1 N–H and O–H groups in total. The van der Waals surface area contributed by atoms with Crippen LogP contribution in [-0.2, 0) is 9.31 Å². The summed E-state index contributed by atoms with van der Waals surface area (Å²) in [5.41, 5.74) is 2.86. The molecule has 1 saturated heterocycles. The third kappa shape index (κ3) is 3.55. The number of H-pyrrole nitrogens is 1. The van der Waals surface area contributed by atoms with E-state index in [2.05, 4.69) is 74.1 Å². The van der Waals surface area contributed by atoms with Gasteiger partial charge in [-0.25, -0.2) is 4.98 Å². The molecule has 1 aliphatic carbocycles. The molecule has 4 nitrogen and oxygen atoms in total. The second-order valence-corrected chi connectivity index (χ2v) is 10.6. The Morgan fingerprint density at radius 2 is 1.57 bits per heavy atom. The minimum absolute atomic E-state index is 0.299. The smallest absolute Gasteiger partial charge is 0.399 e. The molecule has 1 saturated carbocycles. The summed E-state index contributed by atoms with van der Waals surface area (Å²) in [4.78, 5) is 9.41. The zero-order valence-electron chi connectivity index (χ0n) is 18.2. The number of aromatic nitrogens is 2. The third-order valence-electron chi connectivity index (χ3n) is 6.93. The quantitative estimate of drug-likeness (QED) is 0.546.